The van der Waals surface area contributed by atoms with Gasteiger partial charge in [0.2, 0.25) is 11.8 Å². The van der Waals surface area contributed by atoms with Gasteiger partial charge in [0.25, 0.3) is 0 Å². The lowest BCUT2D eigenvalue weighted by Gasteiger charge is -2.07. The normalized spacial score (nSPS) is 18.3. The van der Waals surface area contributed by atoms with Gasteiger partial charge in [-0.3, -0.25) is 9.59 Å². The molecule has 1 saturated carbocycles. The predicted molar refractivity (Wildman–Crippen MR) is 97.7 cm³/mol. The molecular weight excluding hydrogens is 316 g/mol. The van der Waals surface area contributed by atoms with E-state index in [1.54, 1.807) is 31.4 Å². The van der Waals surface area contributed by atoms with Crippen molar-refractivity contribution in [3.8, 4) is 5.75 Å². The molecular formula is C20H22N2O3. The van der Waals surface area contributed by atoms with E-state index in [4.69, 9.17) is 4.74 Å². The molecule has 2 unspecified atom stereocenters. The summed E-state index contributed by atoms with van der Waals surface area (Å²) in [5, 5.41) is 5.73. The number of hydrogen-bond acceptors (Lipinski definition) is 3. The molecule has 0 radical (unpaired) electrons. The van der Waals surface area contributed by atoms with E-state index in [0.29, 0.717) is 12.1 Å². The Morgan fingerprint density at radius 2 is 1.40 bits per heavy atom. The maximum Gasteiger partial charge on any atom is 0.228 e. The minimum absolute atomic E-state index is 0.0980. The molecule has 0 spiro atoms. The van der Waals surface area contributed by atoms with Crippen LogP contribution in [0.4, 0.5) is 11.4 Å². The number of carbonyl (C=O) groups is 2. The lowest BCUT2D eigenvalue weighted by atomic mass is 10.1. The molecule has 1 fully saturated rings. The van der Waals surface area contributed by atoms with Gasteiger partial charge >= 0.3 is 0 Å². The van der Waals surface area contributed by atoms with Crippen molar-refractivity contribution in [3.05, 3.63) is 54.1 Å². The second-order valence-electron chi connectivity index (χ2n) is 6.21. The van der Waals surface area contributed by atoms with Crippen molar-refractivity contribution < 1.29 is 14.3 Å². The highest BCUT2D eigenvalue weighted by atomic mass is 16.5. The molecule has 2 aromatic carbocycles. The third kappa shape index (κ3) is 4.18. The van der Waals surface area contributed by atoms with Crippen LogP contribution >= 0.6 is 0 Å². The van der Waals surface area contributed by atoms with Crippen LogP contribution < -0.4 is 15.4 Å². The van der Waals surface area contributed by atoms with Crippen LogP contribution in [0, 0.1) is 11.8 Å². The van der Waals surface area contributed by atoms with Crippen LogP contribution in [0.2, 0.25) is 0 Å². The van der Waals surface area contributed by atoms with E-state index in [0.717, 1.165) is 17.9 Å². The van der Waals surface area contributed by atoms with Gasteiger partial charge in [0.15, 0.2) is 0 Å². The van der Waals surface area contributed by atoms with Gasteiger partial charge in [-0.25, -0.2) is 0 Å². The summed E-state index contributed by atoms with van der Waals surface area (Å²) in [6.07, 6.45) is 1.55. The van der Waals surface area contributed by atoms with Crippen LogP contribution in [0.3, 0.4) is 0 Å². The van der Waals surface area contributed by atoms with Gasteiger partial charge in [0, 0.05) is 11.4 Å². The SMILES string of the molecule is CCc1ccc(NC(=O)C2CC2C(=O)Nc2ccc(OC)cc2)cc1. The van der Waals surface area contributed by atoms with Crippen LogP contribution in [0.5, 0.6) is 5.75 Å². The van der Waals surface area contributed by atoms with Crippen molar-refractivity contribution in [3.63, 3.8) is 0 Å². The van der Waals surface area contributed by atoms with Crippen LogP contribution in [0.15, 0.2) is 48.5 Å². The number of ether oxygens (including phenoxy) is 1. The molecule has 0 saturated heterocycles. The van der Waals surface area contributed by atoms with E-state index in [9.17, 15) is 9.59 Å². The molecule has 0 aliphatic heterocycles. The van der Waals surface area contributed by atoms with Crippen molar-refractivity contribution in [2.45, 2.75) is 19.8 Å². The Hall–Kier alpha value is -2.82. The first kappa shape index (κ1) is 17.0. The Balaban J connectivity index is 1.51. The molecule has 0 aromatic heterocycles. The third-order valence-electron chi connectivity index (χ3n) is 4.45. The molecule has 5 heteroatoms. The van der Waals surface area contributed by atoms with Crippen LogP contribution in [0.25, 0.3) is 0 Å². The maximum atomic E-state index is 12.3. The molecule has 2 N–H and O–H groups in total. The molecule has 2 amide bonds. The van der Waals surface area contributed by atoms with Crippen molar-refractivity contribution in [1.29, 1.82) is 0 Å². The molecule has 1 aliphatic carbocycles. The van der Waals surface area contributed by atoms with Gasteiger partial charge in [-0.2, -0.15) is 0 Å². The molecule has 2 aromatic rings. The average Bonchev–Trinajstić information content (AvgIpc) is 3.44. The molecule has 130 valence electrons. The fourth-order valence-corrected chi connectivity index (χ4v) is 2.74. The summed E-state index contributed by atoms with van der Waals surface area (Å²) in [7, 11) is 1.59. The summed E-state index contributed by atoms with van der Waals surface area (Å²) >= 11 is 0. The Morgan fingerprint density at radius 3 is 1.84 bits per heavy atom. The first-order chi connectivity index (χ1) is 12.1. The number of carbonyl (C=O) groups excluding carboxylic acids is 2. The number of benzene rings is 2. The summed E-state index contributed by atoms with van der Waals surface area (Å²) in [4.78, 5) is 24.5. The summed E-state index contributed by atoms with van der Waals surface area (Å²) < 4.78 is 5.09. The fraction of sp³-hybridized carbons (Fsp3) is 0.300. The lowest BCUT2D eigenvalue weighted by Crippen LogP contribution is -2.20. The summed E-state index contributed by atoms with van der Waals surface area (Å²) in [5.74, 6) is -0.0114. The molecule has 1 aliphatic rings. The topological polar surface area (TPSA) is 67.4 Å². The highest BCUT2D eigenvalue weighted by molar-refractivity contribution is 6.03. The van der Waals surface area contributed by atoms with Crippen molar-refractivity contribution in [2.75, 3.05) is 17.7 Å². The minimum Gasteiger partial charge on any atom is -0.497 e. The van der Waals surface area contributed by atoms with E-state index in [2.05, 4.69) is 17.6 Å². The first-order valence-electron chi connectivity index (χ1n) is 8.45. The molecule has 5 nitrogen and oxygen atoms in total. The smallest absolute Gasteiger partial charge is 0.228 e. The van der Waals surface area contributed by atoms with Gasteiger partial charge in [0.1, 0.15) is 5.75 Å². The van der Waals surface area contributed by atoms with Crippen molar-refractivity contribution in [2.24, 2.45) is 11.8 Å². The van der Waals surface area contributed by atoms with E-state index in [1.807, 2.05) is 24.3 Å². The number of aryl methyl sites for hydroxylation is 1. The summed E-state index contributed by atoms with van der Waals surface area (Å²) in [5.41, 5.74) is 2.69. The van der Waals surface area contributed by atoms with Gasteiger partial charge in [-0.05, 0) is 54.8 Å². The number of anilines is 2. The Kier molecular flexibility index (Phi) is 5.03. The number of amides is 2. The largest absolute Gasteiger partial charge is 0.497 e. The van der Waals surface area contributed by atoms with Crippen molar-refractivity contribution in [1.82, 2.24) is 0 Å². The zero-order valence-corrected chi connectivity index (χ0v) is 14.4. The number of rotatable bonds is 6. The molecule has 3 rings (SSSR count). The van der Waals surface area contributed by atoms with E-state index < -0.39 is 0 Å². The van der Waals surface area contributed by atoms with Gasteiger partial charge in [0.05, 0.1) is 18.9 Å². The summed E-state index contributed by atoms with van der Waals surface area (Å²) in [6, 6.07) is 14.9. The van der Waals surface area contributed by atoms with E-state index in [1.165, 1.54) is 5.56 Å². The van der Waals surface area contributed by atoms with Gasteiger partial charge < -0.3 is 15.4 Å². The first-order valence-corrected chi connectivity index (χ1v) is 8.45. The second kappa shape index (κ2) is 7.38. The third-order valence-corrected chi connectivity index (χ3v) is 4.45. The number of methoxy groups -OCH3 is 1. The Morgan fingerprint density at radius 1 is 0.920 bits per heavy atom. The molecule has 25 heavy (non-hydrogen) atoms. The highest BCUT2D eigenvalue weighted by Crippen LogP contribution is 2.40. The van der Waals surface area contributed by atoms with E-state index >= 15 is 0 Å². The van der Waals surface area contributed by atoms with Crippen LogP contribution in [0.1, 0.15) is 18.9 Å². The zero-order valence-electron chi connectivity index (χ0n) is 14.4. The number of nitrogens with one attached hydrogen (secondary N) is 2. The van der Waals surface area contributed by atoms with E-state index in [-0.39, 0.29) is 23.7 Å². The van der Waals surface area contributed by atoms with Crippen molar-refractivity contribution >= 4 is 23.2 Å². The predicted octanol–water partition coefficient (Wildman–Crippen LogP) is 3.47. The fourth-order valence-electron chi connectivity index (χ4n) is 2.74. The summed E-state index contributed by atoms with van der Waals surface area (Å²) in [6.45, 7) is 2.09. The molecule has 0 heterocycles. The van der Waals surface area contributed by atoms with Crippen LogP contribution in [-0.2, 0) is 16.0 Å². The Bertz CT molecular complexity index is 688. The highest BCUT2D eigenvalue weighted by Gasteiger charge is 2.48. The second-order valence-corrected chi connectivity index (χ2v) is 6.21. The average molecular weight is 338 g/mol. The monoisotopic (exact) mass is 338 g/mol. The van der Waals surface area contributed by atoms with Crippen LogP contribution in [-0.4, -0.2) is 18.9 Å². The number of hydrogen-bond donors (Lipinski definition) is 2. The minimum atomic E-state index is -0.267. The molecule has 0 bridgehead atoms. The maximum absolute atomic E-state index is 12.3. The van der Waals surface area contributed by atoms with Gasteiger partial charge in [-0.15, -0.1) is 0 Å². The zero-order chi connectivity index (χ0) is 17.8. The standard InChI is InChI=1S/C20H22N2O3/c1-3-13-4-6-14(7-5-13)21-19(23)17-12-18(17)20(24)22-15-8-10-16(25-2)11-9-15/h4-11,17-18H,3,12H2,1-2H3,(H,21,23)(H,22,24). The van der Waals surface area contributed by atoms with Gasteiger partial charge in [-0.1, -0.05) is 19.1 Å². The Labute approximate surface area is 147 Å². The lowest BCUT2D eigenvalue weighted by molar-refractivity contribution is -0.122. The quantitative estimate of drug-likeness (QED) is 0.847. The molecule has 2 atom stereocenters.